The molecule has 1 N–H and O–H groups in total. The minimum absolute atomic E-state index is 0.00168. The molecule has 2 unspecified atom stereocenters. The summed E-state index contributed by atoms with van der Waals surface area (Å²) >= 11 is 0. The highest BCUT2D eigenvalue weighted by Gasteiger charge is 2.48. The number of ether oxygens (including phenoxy) is 2. The topological polar surface area (TPSA) is 143 Å². The number of carbonyl (C=O) groups excluding carboxylic acids is 1. The number of hydrogen-bond acceptors (Lipinski definition) is 9. The number of carbonyl (C=O) groups is 1. The van der Waals surface area contributed by atoms with Gasteiger partial charge < -0.3 is 14.8 Å². The van der Waals surface area contributed by atoms with Gasteiger partial charge >= 0.3 is 11.7 Å². The third kappa shape index (κ3) is 3.99. The largest absolute Gasteiger partial charge is 0.464 e. The zero-order chi connectivity index (χ0) is 24.5. The lowest BCUT2D eigenvalue weighted by molar-refractivity contribution is -0.384. The van der Waals surface area contributed by atoms with E-state index in [2.05, 4.69) is 10.3 Å². The first-order valence-electron chi connectivity index (χ1n) is 10.7. The summed E-state index contributed by atoms with van der Waals surface area (Å²) in [4.78, 5) is 28.3. The van der Waals surface area contributed by atoms with Gasteiger partial charge in [0.05, 0.1) is 27.9 Å². The highest BCUT2D eigenvalue weighted by molar-refractivity contribution is 7.90. The molecule has 3 aromatic rings. The maximum Gasteiger partial charge on any atom is 0.331 e. The molecule has 0 saturated heterocycles. The summed E-state index contributed by atoms with van der Waals surface area (Å²) in [5, 5.41) is 15.1. The average Bonchev–Trinajstić information content (AvgIpc) is 3.45. The number of fused-ring (bicyclic) bond motifs is 1. The van der Waals surface area contributed by atoms with Gasteiger partial charge in [-0.15, -0.1) is 0 Å². The van der Waals surface area contributed by atoms with Gasteiger partial charge in [0.2, 0.25) is 0 Å². The minimum atomic E-state index is -4.01. The number of aromatic nitrogens is 2. The number of rotatable bonds is 8. The van der Waals surface area contributed by atoms with Crippen LogP contribution in [0.3, 0.4) is 0 Å². The van der Waals surface area contributed by atoms with Crippen LogP contribution >= 0.6 is 0 Å². The molecule has 1 fully saturated rings. The number of hydrogen-bond donors (Lipinski definition) is 1. The van der Waals surface area contributed by atoms with E-state index in [0.29, 0.717) is 12.8 Å². The van der Waals surface area contributed by atoms with Crippen molar-refractivity contribution in [2.75, 3.05) is 19.0 Å². The number of nitrogens with one attached hydrogen (secondary N) is 1. The zero-order valence-electron chi connectivity index (χ0n) is 18.6. The quantitative estimate of drug-likeness (QED) is 0.287. The number of benzene rings is 1. The van der Waals surface area contributed by atoms with Crippen LogP contribution in [0.2, 0.25) is 0 Å². The number of nitro groups is 1. The maximum absolute atomic E-state index is 13.2. The molecule has 1 aliphatic rings. The Morgan fingerprint density at radius 3 is 2.68 bits per heavy atom. The number of pyridine rings is 1. The minimum Gasteiger partial charge on any atom is -0.464 e. The first kappa shape index (κ1) is 23.6. The molecule has 0 bridgehead atoms. The van der Waals surface area contributed by atoms with Crippen molar-refractivity contribution in [3.8, 4) is 0 Å². The summed E-state index contributed by atoms with van der Waals surface area (Å²) in [6, 6.07) is 9.22. The Morgan fingerprint density at radius 1 is 1.32 bits per heavy atom. The van der Waals surface area contributed by atoms with Crippen molar-refractivity contribution in [1.82, 2.24) is 8.96 Å². The number of anilines is 1. The lowest BCUT2D eigenvalue weighted by atomic mass is 9.96. The molecule has 2 aromatic heterocycles. The van der Waals surface area contributed by atoms with Gasteiger partial charge in [0.1, 0.15) is 17.4 Å². The average molecular weight is 489 g/mol. The summed E-state index contributed by atoms with van der Waals surface area (Å²) in [5.41, 5.74) is -1.65. The SMILES string of the molecule is CCOC(=O)C1(Nc2c([N+](=O)[O-])cnc3c2ccn3S(=O)(=O)c2ccccc2)CCC(OC)C1. The molecule has 0 amide bonds. The van der Waals surface area contributed by atoms with E-state index in [1.54, 1.807) is 25.1 Å². The predicted octanol–water partition coefficient (Wildman–Crippen LogP) is 3.09. The second kappa shape index (κ2) is 9.03. The molecule has 2 heterocycles. The molecular formula is C22H24N4O7S. The van der Waals surface area contributed by atoms with Gasteiger partial charge in [-0.25, -0.2) is 22.2 Å². The molecule has 180 valence electrons. The van der Waals surface area contributed by atoms with E-state index >= 15 is 0 Å². The Labute approximate surface area is 195 Å². The van der Waals surface area contributed by atoms with Crippen molar-refractivity contribution in [3.63, 3.8) is 0 Å². The van der Waals surface area contributed by atoms with Crippen LogP contribution in [-0.4, -0.2) is 53.6 Å². The van der Waals surface area contributed by atoms with E-state index in [-0.39, 0.29) is 46.4 Å². The molecular weight excluding hydrogens is 464 g/mol. The van der Waals surface area contributed by atoms with Crippen molar-refractivity contribution in [2.24, 2.45) is 0 Å². The Hall–Kier alpha value is -3.51. The van der Waals surface area contributed by atoms with E-state index in [1.807, 2.05) is 0 Å². The van der Waals surface area contributed by atoms with Crippen LogP contribution in [0.4, 0.5) is 11.4 Å². The highest BCUT2D eigenvalue weighted by atomic mass is 32.2. The van der Waals surface area contributed by atoms with E-state index in [9.17, 15) is 23.3 Å². The van der Waals surface area contributed by atoms with Crippen LogP contribution in [0.25, 0.3) is 11.0 Å². The first-order chi connectivity index (χ1) is 16.2. The maximum atomic E-state index is 13.2. The van der Waals surface area contributed by atoms with Gasteiger partial charge in [0, 0.05) is 19.7 Å². The molecule has 2 atom stereocenters. The van der Waals surface area contributed by atoms with Gasteiger partial charge in [-0.2, -0.15) is 0 Å². The number of esters is 1. The Balaban J connectivity index is 1.87. The van der Waals surface area contributed by atoms with Crippen LogP contribution in [0.5, 0.6) is 0 Å². The lowest BCUT2D eigenvalue weighted by Gasteiger charge is -2.29. The molecule has 1 aromatic carbocycles. The van der Waals surface area contributed by atoms with E-state index in [4.69, 9.17) is 9.47 Å². The summed E-state index contributed by atoms with van der Waals surface area (Å²) < 4.78 is 38.1. The van der Waals surface area contributed by atoms with Gasteiger partial charge in [-0.05, 0) is 38.0 Å². The van der Waals surface area contributed by atoms with Crippen LogP contribution in [0.15, 0.2) is 53.7 Å². The molecule has 0 aliphatic heterocycles. The first-order valence-corrected chi connectivity index (χ1v) is 12.1. The third-order valence-electron chi connectivity index (χ3n) is 5.99. The monoisotopic (exact) mass is 488 g/mol. The summed E-state index contributed by atoms with van der Waals surface area (Å²) in [7, 11) is -2.47. The molecule has 1 aliphatic carbocycles. The van der Waals surface area contributed by atoms with Crippen LogP contribution < -0.4 is 5.32 Å². The Kier molecular flexibility index (Phi) is 6.28. The summed E-state index contributed by atoms with van der Waals surface area (Å²) in [6.07, 6.45) is 3.16. The number of methoxy groups -OCH3 is 1. The molecule has 34 heavy (non-hydrogen) atoms. The fourth-order valence-electron chi connectivity index (χ4n) is 4.28. The van der Waals surface area contributed by atoms with Gasteiger partial charge in [-0.3, -0.25) is 10.1 Å². The standard InChI is InChI=1S/C22H24N4O7S/c1-3-33-21(27)22(11-9-15(13-22)32-2)24-19-17-10-12-25(20(17)23-14-18(19)26(28)29)34(30,31)16-7-5-4-6-8-16/h4-8,10,12,14-15H,3,9,11,13H2,1-2H3,(H,23,24). The highest BCUT2D eigenvalue weighted by Crippen LogP contribution is 2.41. The van der Waals surface area contributed by atoms with Crippen molar-refractivity contribution in [1.29, 1.82) is 0 Å². The zero-order valence-corrected chi connectivity index (χ0v) is 19.4. The Morgan fingerprint density at radius 2 is 2.06 bits per heavy atom. The van der Waals surface area contributed by atoms with Gasteiger partial charge in [0.25, 0.3) is 10.0 Å². The van der Waals surface area contributed by atoms with Crippen LogP contribution in [-0.2, 0) is 24.3 Å². The number of nitrogens with zero attached hydrogens (tertiary/aromatic N) is 3. The van der Waals surface area contributed by atoms with Gasteiger partial charge in [-0.1, -0.05) is 18.2 Å². The molecule has 11 nitrogen and oxygen atoms in total. The fraction of sp³-hybridized carbons (Fsp3) is 0.364. The molecule has 4 rings (SSSR count). The Bertz CT molecular complexity index is 1340. The normalized spacial score (nSPS) is 20.4. The third-order valence-corrected chi connectivity index (χ3v) is 7.67. The fourth-order valence-corrected chi connectivity index (χ4v) is 5.60. The molecule has 12 heteroatoms. The second-order valence-electron chi connectivity index (χ2n) is 7.97. The van der Waals surface area contributed by atoms with Crippen LogP contribution in [0.1, 0.15) is 26.2 Å². The second-order valence-corrected chi connectivity index (χ2v) is 9.79. The van der Waals surface area contributed by atoms with Gasteiger partial charge in [0.15, 0.2) is 5.65 Å². The summed E-state index contributed by atoms with van der Waals surface area (Å²) in [5.74, 6) is -0.551. The van der Waals surface area contributed by atoms with Crippen molar-refractivity contribution < 1.29 is 27.6 Å². The smallest absolute Gasteiger partial charge is 0.331 e. The molecule has 1 saturated carbocycles. The van der Waals surface area contributed by atoms with E-state index in [0.717, 1.165) is 10.2 Å². The van der Waals surface area contributed by atoms with Crippen molar-refractivity contribution in [3.05, 3.63) is 58.9 Å². The van der Waals surface area contributed by atoms with Crippen molar-refractivity contribution >= 4 is 38.4 Å². The molecule has 0 radical (unpaired) electrons. The summed E-state index contributed by atoms with van der Waals surface area (Å²) in [6.45, 7) is 1.81. The molecule has 0 spiro atoms. The van der Waals surface area contributed by atoms with Crippen LogP contribution in [0, 0.1) is 10.1 Å². The van der Waals surface area contributed by atoms with E-state index in [1.165, 1.54) is 31.5 Å². The van der Waals surface area contributed by atoms with E-state index < -0.39 is 26.5 Å². The lowest BCUT2D eigenvalue weighted by Crippen LogP contribution is -2.46. The van der Waals surface area contributed by atoms with Crippen molar-refractivity contribution in [2.45, 2.75) is 42.7 Å². The predicted molar refractivity (Wildman–Crippen MR) is 123 cm³/mol.